The van der Waals surface area contributed by atoms with E-state index in [2.05, 4.69) is 21.2 Å². The second kappa shape index (κ2) is 4.81. The summed E-state index contributed by atoms with van der Waals surface area (Å²) < 4.78 is 0.964. The molecule has 0 radical (unpaired) electrons. The van der Waals surface area contributed by atoms with Crippen molar-refractivity contribution in [1.29, 1.82) is 0 Å². The van der Waals surface area contributed by atoms with Crippen molar-refractivity contribution in [2.24, 2.45) is 5.73 Å². The van der Waals surface area contributed by atoms with E-state index in [9.17, 15) is 4.79 Å². The second-order valence-corrected chi connectivity index (χ2v) is 6.82. The van der Waals surface area contributed by atoms with E-state index in [0.717, 1.165) is 9.35 Å². The van der Waals surface area contributed by atoms with Gasteiger partial charge in [0.1, 0.15) is 0 Å². The third kappa shape index (κ3) is 3.02. The lowest BCUT2D eigenvalue weighted by Crippen LogP contribution is -2.51. The van der Waals surface area contributed by atoms with Crippen molar-refractivity contribution < 1.29 is 4.79 Å². The first-order valence-electron chi connectivity index (χ1n) is 4.62. The fraction of sp³-hybridized carbons (Fsp3) is 0.400. The summed E-state index contributed by atoms with van der Waals surface area (Å²) in [5.74, 6) is -0.156. The van der Waals surface area contributed by atoms with Crippen LogP contribution >= 0.6 is 39.5 Å². The first-order valence-corrected chi connectivity index (χ1v) is 6.64. The van der Waals surface area contributed by atoms with Gasteiger partial charge in [0.25, 0.3) is 5.91 Å². The summed E-state index contributed by atoms with van der Waals surface area (Å²) in [5.41, 5.74) is 5.92. The summed E-state index contributed by atoms with van der Waals surface area (Å²) in [4.78, 5) is 12.8. The van der Waals surface area contributed by atoms with E-state index in [1.54, 1.807) is 13.8 Å². The number of nitrogens with two attached hydrogens (primary N) is 1. The quantitative estimate of drug-likeness (QED) is 0.842. The molecular weight excluding hydrogens is 308 g/mol. The van der Waals surface area contributed by atoms with E-state index in [1.807, 2.05) is 13.0 Å². The van der Waals surface area contributed by atoms with Crippen LogP contribution in [0.25, 0.3) is 0 Å². The number of carbonyl (C=O) groups excluding carboxylic acids is 1. The maximum Gasteiger partial charge on any atom is 0.262 e. The molecule has 1 aromatic rings. The molecule has 88 valence electrons. The highest BCUT2D eigenvalue weighted by atomic mass is 79.9. The highest BCUT2D eigenvalue weighted by molar-refractivity contribution is 9.11. The van der Waals surface area contributed by atoms with Crippen molar-refractivity contribution in [1.82, 2.24) is 5.32 Å². The number of nitrogens with one attached hydrogen (secondary N) is 1. The molecule has 1 aromatic heterocycles. The van der Waals surface area contributed by atoms with Gasteiger partial charge >= 0.3 is 0 Å². The Balaban J connectivity index is 2.84. The van der Waals surface area contributed by atoms with E-state index >= 15 is 0 Å². The standard InChI is InChI=1S/C10H13BrN2OS2/c1-5-4-6(16-7(5)11)8(14)13-10(2,3)9(12)15/h4H,1-3H3,(H2,12,15)(H,13,14). The van der Waals surface area contributed by atoms with E-state index in [-0.39, 0.29) is 10.9 Å². The van der Waals surface area contributed by atoms with E-state index in [1.165, 1.54) is 11.3 Å². The van der Waals surface area contributed by atoms with Crippen LogP contribution in [0.1, 0.15) is 29.1 Å². The molecule has 0 spiro atoms. The minimum atomic E-state index is -0.670. The number of thiophene rings is 1. The molecule has 0 saturated heterocycles. The molecule has 1 amide bonds. The Hall–Kier alpha value is -0.460. The lowest BCUT2D eigenvalue weighted by atomic mass is 10.1. The van der Waals surface area contributed by atoms with Crippen LogP contribution in [0, 0.1) is 6.92 Å². The van der Waals surface area contributed by atoms with Gasteiger partial charge in [0.15, 0.2) is 0 Å². The zero-order chi connectivity index (χ0) is 12.5. The zero-order valence-electron chi connectivity index (χ0n) is 9.26. The molecule has 0 atom stereocenters. The third-order valence-corrected chi connectivity index (χ3v) is 4.77. The summed E-state index contributed by atoms with van der Waals surface area (Å²) in [5, 5.41) is 2.80. The van der Waals surface area contributed by atoms with Crippen LogP contribution in [0.5, 0.6) is 0 Å². The first kappa shape index (κ1) is 13.6. The van der Waals surface area contributed by atoms with Crippen LogP contribution in [-0.2, 0) is 0 Å². The second-order valence-electron chi connectivity index (χ2n) is 4.01. The molecule has 0 saturated carbocycles. The van der Waals surface area contributed by atoms with E-state index in [4.69, 9.17) is 18.0 Å². The summed E-state index contributed by atoms with van der Waals surface area (Å²) in [7, 11) is 0. The smallest absolute Gasteiger partial charge is 0.262 e. The van der Waals surface area contributed by atoms with E-state index in [0.29, 0.717) is 4.88 Å². The van der Waals surface area contributed by atoms with Crippen molar-refractivity contribution in [3.8, 4) is 0 Å². The molecule has 0 aliphatic carbocycles. The predicted octanol–water partition coefficient (Wildman–Crippen LogP) is 2.61. The molecule has 0 fully saturated rings. The number of hydrogen-bond donors (Lipinski definition) is 2. The van der Waals surface area contributed by atoms with Crippen LogP contribution in [0.2, 0.25) is 0 Å². The fourth-order valence-corrected chi connectivity index (χ4v) is 2.46. The Morgan fingerprint density at radius 2 is 2.19 bits per heavy atom. The Morgan fingerprint density at radius 1 is 1.62 bits per heavy atom. The SMILES string of the molecule is Cc1cc(C(=O)NC(C)(C)C(N)=S)sc1Br. The van der Waals surface area contributed by atoms with Crippen LogP contribution in [0.3, 0.4) is 0 Å². The van der Waals surface area contributed by atoms with Gasteiger partial charge < -0.3 is 11.1 Å². The molecule has 0 aliphatic heterocycles. The number of halogens is 1. The number of hydrogen-bond acceptors (Lipinski definition) is 3. The molecule has 3 N–H and O–H groups in total. The number of carbonyl (C=O) groups is 1. The largest absolute Gasteiger partial charge is 0.391 e. The fourth-order valence-electron chi connectivity index (χ4n) is 0.979. The lowest BCUT2D eigenvalue weighted by Gasteiger charge is -2.24. The van der Waals surface area contributed by atoms with E-state index < -0.39 is 5.54 Å². The molecule has 0 bridgehead atoms. The first-order chi connectivity index (χ1) is 7.24. The van der Waals surface area contributed by atoms with Gasteiger partial charge in [-0.2, -0.15) is 0 Å². The summed E-state index contributed by atoms with van der Waals surface area (Å²) in [6.07, 6.45) is 0. The molecule has 1 heterocycles. The van der Waals surface area contributed by atoms with Gasteiger partial charge in [0.2, 0.25) is 0 Å². The van der Waals surface area contributed by atoms with Gasteiger partial charge in [0, 0.05) is 0 Å². The van der Waals surface area contributed by atoms with Crippen molar-refractivity contribution in [3.05, 3.63) is 20.3 Å². The van der Waals surface area contributed by atoms with Crippen molar-refractivity contribution in [3.63, 3.8) is 0 Å². The average molecular weight is 321 g/mol. The number of aryl methyl sites for hydroxylation is 1. The molecular formula is C10H13BrN2OS2. The minimum Gasteiger partial charge on any atom is -0.391 e. The number of thiocarbonyl (C=S) groups is 1. The molecule has 16 heavy (non-hydrogen) atoms. The highest BCUT2D eigenvalue weighted by Crippen LogP contribution is 2.27. The van der Waals surface area contributed by atoms with Crippen LogP contribution in [-0.4, -0.2) is 16.4 Å². The van der Waals surface area contributed by atoms with Gasteiger partial charge in [-0.1, -0.05) is 12.2 Å². The summed E-state index contributed by atoms with van der Waals surface area (Å²) in [6.45, 7) is 5.50. The van der Waals surface area contributed by atoms with Crippen molar-refractivity contribution in [2.45, 2.75) is 26.3 Å². The summed E-state index contributed by atoms with van der Waals surface area (Å²) >= 11 is 9.66. The number of amides is 1. The van der Waals surface area contributed by atoms with Gasteiger partial charge in [-0.25, -0.2) is 0 Å². The Labute approximate surface area is 113 Å². The predicted molar refractivity (Wildman–Crippen MR) is 75.1 cm³/mol. The average Bonchev–Trinajstić information content (AvgIpc) is 2.46. The van der Waals surface area contributed by atoms with Gasteiger partial charge in [-0.15, -0.1) is 11.3 Å². The van der Waals surface area contributed by atoms with Gasteiger partial charge in [0.05, 0.1) is 19.2 Å². The Morgan fingerprint density at radius 3 is 2.56 bits per heavy atom. The maximum absolute atomic E-state index is 11.9. The van der Waals surface area contributed by atoms with Crippen molar-refractivity contribution >= 4 is 50.4 Å². The Bertz CT molecular complexity index is 421. The zero-order valence-corrected chi connectivity index (χ0v) is 12.5. The van der Waals surface area contributed by atoms with Gasteiger partial charge in [-0.05, 0) is 48.3 Å². The van der Waals surface area contributed by atoms with Crippen LogP contribution in [0.4, 0.5) is 0 Å². The Kier molecular flexibility index (Phi) is 4.09. The van der Waals surface area contributed by atoms with Gasteiger partial charge in [-0.3, -0.25) is 4.79 Å². The van der Waals surface area contributed by atoms with Crippen LogP contribution in [0.15, 0.2) is 9.85 Å². The van der Waals surface area contributed by atoms with Crippen molar-refractivity contribution in [2.75, 3.05) is 0 Å². The van der Waals surface area contributed by atoms with Crippen LogP contribution < -0.4 is 11.1 Å². The molecule has 6 heteroatoms. The monoisotopic (exact) mass is 320 g/mol. The molecule has 1 rings (SSSR count). The normalized spacial score (nSPS) is 11.2. The highest BCUT2D eigenvalue weighted by Gasteiger charge is 2.25. The minimum absolute atomic E-state index is 0.156. The third-order valence-electron chi connectivity index (χ3n) is 2.12. The molecule has 0 aromatic carbocycles. The molecule has 3 nitrogen and oxygen atoms in total. The lowest BCUT2D eigenvalue weighted by molar-refractivity contribution is 0.0936. The molecule has 0 unspecified atom stereocenters. The maximum atomic E-state index is 11.9. The summed E-state index contributed by atoms with van der Waals surface area (Å²) in [6, 6.07) is 1.83. The molecule has 0 aliphatic rings. The topological polar surface area (TPSA) is 55.1 Å². The number of rotatable bonds is 3.